The van der Waals surface area contributed by atoms with Gasteiger partial charge in [-0.2, -0.15) is 5.10 Å². The summed E-state index contributed by atoms with van der Waals surface area (Å²) < 4.78 is 7.46. The number of nitrogens with one attached hydrogen (secondary N) is 1. The van der Waals surface area contributed by atoms with Crippen LogP contribution in [0.25, 0.3) is 0 Å². The molecule has 4 nitrogen and oxygen atoms in total. The summed E-state index contributed by atoms with van der Waals surface area (Å²) in [6, 6.07) is 2.26. The van der Waals surface area contributed by atoms with Crippen molar-refractivity contribution in [1.82, 2.24) is 15.1 Å². The van der Waals surface area contributed by atoms with Gasteiger partial charge in [0, 0.05) is 31.5 Å². The van der Waals surface area contributed by atoms with Crippen LogP contribution in [0.4, 0.5) is 0 Å². The van der Waals surface area contributed by atoms with Crippen molar-refractivity contribution in [3.05, 3.63) is 40.1 Å². The Labute approximate surface area is 131 Å². The Morgan fingerprint density at radius 1 is 1.43 bits per heavy atom. The molecule has 0 amide bonds. The summed E-state index contributed by atoms with van der Waals surface area (Å²) in [5, 5.41) is 8.77. The van der Waals surface area contributed by atoms with E-state index in [0.29, 0.717) is 0 Å². The predicted molar refractivity (Wildman–Crippen MR) is 85.8 cm³/mol. The Morgan fingerprint density at radius 3 is 2.76 bits per heavy atom. The molecule has 0 aliphatic rings. The fourth-order valence-corrected chi connectivity index (χ4v) is 2.89. The maximum atomic E-state index is 6.39. The molecule has 1 unspecified atom stereocenters. The van der Waals surface area contributed by atoms with Crippen LogP contribution in [0.5, 0.6) is 0 Å². The summed E-state index contributed by atoms with van der Waals surface area (Å²) in [7, 11) is 1.95. The first kappa shape index (κ1) is 16.1. The van der Waals surface area contributed by atoms with Gasteiger partial charge in [0.1, 0.15) is 5.76 Å². The summed E-state index contributed by atoms with van der Waals surface area (Å²) in [5.41, 5.74) is 3.17. The summed E-state index contributed by atoms with van der Waals surface area (Å²) >= 11 is 6.39. The molecule has 0 aromatic carbocycles. The fraction of sp³-hybridized carbons (Fsp3) is 0.562. The molecule has 5 heteroatoms. The molecule has 116 valence electrons. The third-order valence-corrected chi connectivity index (χ3v) is 4.27. The second-order valence-corrected chi connectivity index (χ2v) is 5.71. The smallest absolute Gasteiger partial charge is 0.108 e. The summed E-state index contributed by atoms with van der Waals surface area (Å²) in [6.07, 6.45) is 4.56. The molecule has 21 heavy (non-hydrogen) atoms. The number of hydrogen-bond acceptors (Lipinski definition) is 3. The molecular formula is C16H24ClN3O. The van der Waals surface area contributed by atoms with E-state index < -0.39 is 0 Å². The monoisotopic (exact) mass is 309 g/mol. The number of aromatic nitrogens is 2. The van der Waals surface area contributed by atoms with E-state index >= 15 is 0 Å². The minimum atomic E-state index is 0.200. The molecular weight excluding hydrogens is 286 g/mol. The van der Waals surface area contributed by atoms with Gasteiger partial charge in [0.25, 0.3) is 0 Å². The van der Waals surface area contributed by atoms with Crippen molar-refractivity contribution in [3.8, 4) is 0 Å². The lowest BCUT2D eigenvalue weighted by atomic mass is 10.0. The number of halogens is 1. The van der Waals surface area contributed by atoms with Gasteiger partial charge >= 0.3 is 0 Å². The highest BCUT2D eigenvalue weighted by molar-refractivity contribution is 6.31. The third-order valence-electron chi connectivity index (χ3n) is 3.78. The average molecular weight is 310 g/mol. The second kappa shape index (κ2) is 7.14. The molecule has 1 atom stereocenters. The molecule has 0 saturated heterocycles. The Bertz CT molecular complexity index is 588. The second-order valence-electron chi connectivity index (χ2n) is 5.33. The number of nitrogens with zero attached hydrogens (tertiary/aromatic N) is 2. The van der Waals surface area contributed by atoms with Gasteiger partial charge in [0.2, 0.25) is 0 Å². The van der Waals surface area contributed by atoms with Crippen LogP contribution in [-0.4, -0.2) is 16.3 Å². The molecule has 0 aliphatic heterocycles. The predicted octanol–water partition coefficient (Wildman–Crippen LogP) is 3.82. The minimum Gasteiger partial charge on any atom is -0.469 e. The summed E-state index contributed by atoms with van der Waals surface area (Å²) in [6.45, 7) is 7.19. The Hall–Kier alpha value is -1.26. The molecule has 2 heterocycles. The Kier molecular flexibility index (Phi) is 5.48. The highest BCUT2D eigenvalue weighted by Crippen LogP contribution is 2.28. The molecule has 0 fully saturated rings. The molecule has 2 rings (SSSR count). The van der Waals surface area contributed by atoms with Crippen LogP contribution in [0.15, 0.2) is 16.7 Å². The number of aryl methyl sites for hydroxylation is 3. The van der Waals surface area contributed by atoms with Crippen molar-refractivity contribution >= 4 is 11.6 Å². The van der Waals surface area contributed by atoms with Crippen molar-refractivity contribution in [3.63, 3.8) is 0 Å². The van der Waals surface area contributed by atoms with E-state index in [1.165, 1.54) is 5.56 Å². The van der Waals surface area contributed by atoms with Crippen LogP contribution >= 0.6 is 11.6 Å². The zero-order chi connectivity index (χ0) is 15.4. The van der Waals surface area contributed by atoms with Crippen LogP contribution in [0.3, 0.4) is 0 Å². The lowest BCUT2D eigenvalue weighted by Crippen LogP contribution is -2.25. The van der Waals surface area contributed by atoms with Crippen molar-refractivity contribution in [1.29, 1.82) is 0 Å². The lowest BCUT2D eigenvalue weighted by Gasteiger charge is -2.19. The van der Waals surface area contributed by atoms with Gasteiger partial charge in [-0.05, 0) is 26.0 Å². The largest absolute Gasteiger partial charge is 0.469 e. The van der Waals surface area contributed by atoms with Crippen LogP contribution in [-0.2, 0) is 19.9 Å². The SMILES string of the molecule is CCCNC(Cc1c(Cl)c(C)nn1C)c1ccoc1CC. The molecule has 0 aliphatic carbocycles. The van der Waals surface area contributed by atoms with E-state index in [1.807, 2.05) is 18.7 Å². The molecule has 1 N–H and O–H groups in total. The van der Waals surface area contributed by atoms with Crippen LogP contribution in [0.1, 0.15) is 49.0 Å². The first-order valence-electron chi connectivity index (χ1n) is 7.56. The molecule has 2 aromatic rings. The van der Waals surface area contributed by atoms with Crippen molar-refractivity contribution in [2.45, 2.75) is 46.1 Å². The van der Waals surface area contributed by atoms with Crippen molar-refractivity contribution < 1.29 is 4.42 Å². The van der Waals surface area contributed by atoms with Gasteiger partial charge in [0.15, 0.2) is 0 Å². The van der Waals surface area contributed by atoms with E-state index in [-0.39, 0.29) is 6.04 Å². The van der Waals surface area contributed by atoms with E-state index in [2.05, 4.69) is 30.3 Å². The lowest BCUT2D eigenvalue weighted by molar-refractivity contribution is 0.475. The molecule has 0 radical (unpaired) electrons. The van der Waals surface area contributed by atoms with Crippen LogP contribution in [0.2, 0.25) is 5.02 Å². The van der Waals surface area contributed by atoms with E-state index in [9.17, 15) is 0 Å². The standard InChI is InChI=1S/C16H24ClN3O/c1-5-8-18-13(12-7-9-21-15(12)6-2)10-14-16(17)11(3)19-20(14)4/h7,9,13,18H,5-6,8,10H2,1-4H3. The highest BCUT2D eigenvalue weighted by atomic mass is 35.5. The van der Waals surface area contributed by atoms with Crippen molar-refractivity contribution in [2.75, 3.05) is 6.54 Å². The Morgan fingerprint density at radius 2 is 2.19 bits per heavy atom. The normalized spacial score (nSPS) is 12.8. The van der Waals surface area contributed by atoms with Gasteiger partial charge in [0.05, 0.1) is 22.7 Å². The molecule has 0 bridgehead atoms. The van der Waals surface area contributed by atoms with Gasteiger partial charge in [-0.15, -0.1) is 0 Å². The molecule has 0 spiro atoms. The van der Waals surface area contributed by atoms with Gasteiger partial charge < -0.3 is 9.73 Å². The van der Waals surface area contributed by atoms with Crippen LogP contribution in [0, 0.1) is 6.92 Å². The third kappa shape index (κ3) is 3.50. The van der Waals surface area contributed by atoms with E-state index in [0.717, 1.165) is 48.0 Å². The summed E-state index contributed by atoms with van der Waals surface area (Å²) in [5.74, 6) is 1.04. The average Bonchev–Trinajstić information content (AvgIpc) is 3.02. The number of hydrogen-bond donors (Lipinski definition) is 1. The van der Waals surface area contributed by atoms with E-state index in [4.69, 9.17) is 16.0 Å². The topological polar surface area (TPSA) is 43.0 Å². The zero-order valence-corrected chi connectivity index (χ0v) is 14.0. The fourth-order valence-electron chi connectivity index (χ4n) is 2.65. The minimum absolute atomic E-state index is 0.200. The zero-order valence-electron chi connectivity index (χ0n) is 13.2. The summed E-state index contributed by atoms with van der Waals surface area (Å²) in [4.78, 5) is 0. The number of furan rings is 1. The Balaban J connectivity index is 2.28. The van der Waals surface area contributed by atoms with Crippen LogP contribution < -0.4 is 5.32 Å². The highest BCUT2D eigenvalue weighted by Gasteiger charge is 2.21. The first-order chi connectivity index (χ1) is 10.1. The van der Waals surface area contributed by atoms with Gasteiger partial charge in [-0.25, -0.2) is 0 Å². The number of rotatable bonds is 7. The van der Waals surface area contributed by atoms with Crippen molar-refractivity contribution in [2.24, 2.45) is 7.05 Å². The maximum absolute atomic E-state index is 6.39. The quantitative estimate of drug-likeness (QED) is 0.845. The van der Waals surface area contributed by atoms with Gasteiger partial charge in [-0.3, -0.25) is 4.68 Å². The first-order valence-corrected chi connectivity index (χ1v) is 7.93. The maximum Gasteiger partial charge on any atom is 0.108 e. The van der Waals surface area contributed by atoms with Gasteiger partial charge in [-0.1, -0.05) is 25.4 Å². The van der Waals surface area contributed by atoms with E-state index in [1.54, 1.807) is 6.26 Å². The molecule has 2 aromatic heterocycles. The molecule has 0 saturated carbocycles.